The molecule has 0 aromatic heterocycles. The molecule has 21 heavy (non-hydrogen) atoms. The van der Waals surface area contributed by atoms with E-state index in [0.29, 0.717) is 23.6 Å². The van der Waals surface area contributed by atoms with E-state index in [9.17, 15) is 14.7 Å². The monoisotopic (exact) mass is 308 g/mol. The van der Waals surface area contributed by atoms with Gasteiger partial charge in [-0.2, -0.15) is 5.26 Å². The van der Waals surface area contributed by atoms with Crippen LogP contribution >= 0.6 is 11.6 Å². The van der Waals surface area contributed by atoms with E-state index in [4.69, 9.17) is 16.9 Å². The minimum absolute atomic E-state index is 0.146. The zero-order valence-corrected chi connectivity index (χ0v) is 12.7. The maximum absolute atomic E-state index is 12.1. The maximum Gasteiger partial charge on any atom is 0.310 e. The lowest BCUT2D eigenvalue weighted by atomic mass is 9.79. The van der Waals surface area contributed by atoms with Crippen molar-refractivity contribution in [1.29, 1.82) is 5.26 Å². The number of benzene rings is 1. The van der Waals surface area contributed by atoms with Gasteiger partial charge in [0.2, 0.25) is 5.91 Å². The summed E-state index contributed by atoms with van der Waals surface area (Å²) >= 11 is 5.84. The largest absolute Gasteiger partial charge is 0.481 e. The average molecular weight is 309 g/mol. The van der Waals surface area contributed by atoms with Crippen molar-refractivity contribution in [2.24, 2.45) is 5.41 Å². The summed E-state index contributed by atoms with van der Waals surface area (Å²) in [6.45, 7) is 3.48. The third-order valence-corrected chi connectivity index (χ3v) is 3.92. The van der Waals surface area contributed by atoms with Crippen LogP contribution in [0, 0.1) is 16.7 Å². The molecule has 1 amide bonds. The SMILES string of the molecule is CCC(CC)(CC(=O)Nc1cc(Cl)ccc1C#N)C(=O)O. The van der Waals surface area contributed by atoms with Gasteiger partial charge in [0.25, 0.3) is 0 Å². The molecule has 0 aliphatic rings. The molecule has 0 atom stereocenters. The van der Waals surface area contributed by atoms with Crippen LogP contribution in [0.15, 0.2) is 18.2 Å². The van der Waals surface area contributed by atoms with Crippen LogP contribution in [0.5, 0.6) is 0 Å². The van der Waals surface area contributed by atoms with Crippen LogP contribution in [0.4, 0.5) is 5.69 Å². The van der Waals surface area contributed by atoms with Gasteiger partial charge in [-0.3, -0.25) is 9.59 Å². The molecular weight excluding hydrogens is 292 g/mol. The fourth-order valence-electron chi connectivity index (χ4n) is 2.10. The first kappa shape index (κ1) is 17.0. The number of nitrogens with one attached hydrogen (secondary N) is 1. The Bertz CT molecular complexity index is 589. The number of anilines is 1. The molecule has 5 nitrogen and oxygen atoms in total. The van der Waals surface area contributed by atoms with Crippen LogP contribution in [0.25, 0.3) is 0 Å². The molecule has 0 bridgehead atoms. The van der Waals surface area contributed by atoms with Gasteiger partial charge in [0.1, 0.15) is 6.07 Å². The Kier molecular flexibility index (Phi) is 5.74. The summed E-state index contributed by atoms with van der Waals surface area (Å²) in [7, 11) is 0. The predicted octanol–water partition coefficient (Wildman–Crippen LogP) is 3.43. The number of carboxylic acids is 1. The lowest BCUT2D eigenvalue weighted by molar-refractivity contribution is -0.151. The smallest absolute Gasteiger partial charge is 0.310 e. The zero-order chi connectivity index (χ0) is 16.0. The number of carbonyl (C=O) groups excluding carboxylic acids is 1. The molecular formula is C15H17ClN2O3. The molecule has 1 aromatic rings. The molecule has 112 valence electrons. The number of nitriles is 1. The number of carbonyl (C=O) groups is 2. The van der Waals surface area contributed by atoms with Crippen LogP contribution in [0.3, 0.4) is 0 Å². The molecule has 2 N–H and O–H groups in total. The predicted molar refractivity (Wildman–Crippen MR) is 80.1 cm³/mol. The Morgan fingerprint density at radius 3 is 2.48 bits per heavy atom. The van der Waals surface area contributed by atoms with Crippen molar-refractivity contribution < 1.29 is 14.7 Å². The van der Waals surface area contributed by atoms with Gasteiger partial charge in [0.05, 0.1) is 16.7 Å². The van der Waals surface area contributed by atoms with Crippen molar-refractivity contribution in [3.63, 3.8) is 0 Å². The van der Waals surface area contributed by atoms with Gasteiger partial charge in [0, 0.05) is 11.4 Å². The van der Waals surface area contributed by atoms with Gasteiger partial charge in [0.15, 0.2) is 0 Å². The third-order valence-electron chi connectivity index (χ3n) is 3.68. The highest BCUT2D eigenvalue weighted by Crippen LogP contribution is 2.32. The Morgan fingerprint density at radius 1 is 1.38 bits per heavy atom. The number of halogens is 1. The first-order chi connectivity index (χ1) is 9.88. The van der Waals surface area contributed by atoms with E-state index in [1.165, 1.54) is 12.1 Å². The Balaban J connectivity index is 2.95. The highest BCUT2D eigenvalue weighted by Gasteiger charge is 2.37. The van der Waals surface area contributed by atoms with Gasteiger partial charge in [-0.15, -0.1) is 0 Å². The van der Waals surface area contributed by atoms with E-state index >= 15 is 0 Å². The van der Waals surface area contributed by atoms with E-state index in [2.05, 4.69) is 5.32 Å². The van der Waals surface area contributed by atoms with E-state index < -0.39 is 17.3 Å². The van der Waals surface area contributed by atoms with Crippen molar-refractivity contribution >= 4 is 29.2 Å². The molecule has 1 aromatic carbocycles. The molecule has 0 aliphatic carbocycles. The van der Waals surface area contributed by atoms with Crippen LogP contribution < -0.4 is 5.32 Å². The second kappa shape index (κ2) is 7.09. The van der Waals surface area contributed by atoms with Crippen LogP contribution in [0.2, 0.25) is 5.02 Å². The first-order valence-electron chi connectivity index (χ1n) is 6.61. The first-order valence-corrected chi connectivity index (χ1v) is 6.99. The van der Waals surface area contributed by atoms with Gasteiger partial charge in [-0.25, -0.2) is 0 Å². The molecule has 0 aliphatic heterocycles. The van der Waals surface area contributed by atoms with E-state index in [1.807, 2.05) is 6.07 Å². The Labute approximate surface area is 128 Å². The molecule has 6 heteroatoms. The fourth-order valence-corrected chi connectivity index (χ4v) is 2.27. The van der Waals surface area contributed by atoms with Crippen LogP contribution in [-0.2, 0) is 9.59 Å². The van der Waals surface area contributed by atoms with Crippen LogP contribution in [-0.4, -0.2) is 17.0 Å². The number of rotatable bonds is 6. The van der Waals surface area contributed by atoms with Crippen LogP contribution in [0.1, 0.15) is 38.7 Å². The number of hydrogen-bond acceptors (Lipinski definition) is 3. The summed E-state index contributed by atoms with van der Waals surface area (Å²) in [5, 5.41) is 21.3. The zero-order valence-electron chi connectivity index (χ0n) is 11.9. The summed E-state index contributed by atoms with van der Waals surface area (Å²) in [5.74, 6) is -1.44. The average Bonchev–Trinajstić information content (AvgIpc) is 2.44. The fraction of sp³-hybridized carbons (Fsp3) is 0.400. The standard InChI is InChI=1S/C15H17ClN2O3/c1-3-15(4-2,14(20)21)8-13(19)18-12-7-11(16)6-5-10(12)9-17/h5-7H,3-4,8H2,1-2H3,(H,18,19)(H,20,21). The summed E-state index contributed by atoms with van der Waals surface area (Å²) in [6, 6.07) is 6.48. The van der Waals surface area contributed by atoms with E-state index in [-0.39, 0.29) is 12.0 Å². The third kappa shape index (κ3) is 3.96. The summed E-state index contributed by atoms with van der Waals surface area (Å²) in [6.07, 6.45) is 0.562. The highest BCUT2D eigenvalue weighted by atomic mass is 35.5. The van der Waals surface area contributed by atoms with Crippen molar-refractivity contribution in [2.75, 3.05) is 5.32 Å². The molecule has 1 rings (SSSR count). The van der Waals surface area contributed by atoms with Gasteiger partial charge in [-0.1, -0.05) is 25.4 Å². The lowest BCUT2D eigenvalue weighted by Gasteiger charge is -2.25. The summed E-state index contributed by atoms with van der Waals surface area (Å²) in [5.41, 5.74) is -0.515. The Hall–Kier alpha value is -2.06. The van der Waals surface area contributed by atoms with Gasteiger partial charge >= 0.3 is 5.97 Å². The molecule has 0 saturated heterocycles. The maximum atomic E-state index is 12.1. The topological polar surface area (TPSA) is 90.2 Å². The molecule has 0 radical (unpaired) electrons. The number of amides is 1. The van der Waals surface area contributed by atoms with Crippen molar-refractivity contribution in [3.05, 3.63) is 28.8 Å². The minimum Gasteiger partial charge on any atom is -0.481 e. The molecule has 0 fully saturated rings. The molecule has 0 unspecified atom stereocenters. The Morgan fingerprint density at radius 2 is 2.00 bits per heavy atom. The quantitative estimate of drug-likeness (QED) is 0.842. The molecule has 0 saturated carbocycles. The van der Waals surface area contributed by atoms with E-state index in [0.717, 1.165) is 0 Å². The highest BCUT2D eigenvalue weighted by molar-refractivity contribution is 6.31. The second-order valence-electron chi connectivity index (χ2n) is 4.82. The van der Waals surface area contributed by atoms with Gasteiger partial charge < -0.3 is 10.4 Å². The number of carboxylic acid groups (broad SMARTS) is 1. The summed E-state index contributed by atoms with van der Waals surface area (Å²) in [4.78, 5) is 23.5. The molecule has 0 heterocycles. The van der Waals surface area contributed by atoms with E-state index in [1.54, 1.807) is 19.9 Å². The van der Waals surface area contributed by atoms with Crippen molar-refractivity contribution in [3.8, 4) is 6.07 Å². The van der Waals surface area contributed by atoms with Crippen molar-refractivity contribution in [1.82, 2.24) is 0 Å². The normalized spacial score (nSPS) is 10.8. The lowest BCUT2D eigenvalue weighted by Crippen LogP contribution is -2.34. The molecule has 0 spiro atoms. The van der Waals surface area contributed by atoms with Crippen molar-refractivity contribution in [2.45, 2.75) is 33.1 Å². The number of aliphatic carboxylic acids is 1. The second-order valence-corrected chi connectivity index (χ2v) is 5.26. The van der Waals surface area contributed by atoms with Gasteiger partial charge in [-0.05, 0) is 31.0 Å². The number of hydrogen-bond donors (Lipinski definition) is 2. The summed E-state index contributed by atoms with van der Waals surface area (Å²) < 4.78 is 0. The number of nitrogens with zero attached hydrogens (tertiary/aromatic N) is 1. The minimum atomic E-state index is -1.09.